The van der Waals surface area contributed by atoms with Crippen molar-refractivity contribution in [2.75, 3.05) is 24.5 Å². The first-order chi connectivity index (χ1) is 14.7. The molecule has 8 heteroatoms. The van der Waals surface area contributed by atoms with E-state index in [0.717, 1.165) is 24.1 Å². The number of hydrogen-bond acceptors (Lipinski definition) is 4. The molecule has 164 valence electrons. The summed E-state index contributed by atoms with van der Waals surface area (Å²) in [7, 11) is -4.92. The van der Waals surface area contributed by atoms with Crippen LogP contribution in [0.15, 0.2) is 59.1 Å². The normalized spacial score (nSPS) is 12.7. The zero-order chi connectivity index (χ0) is 22.8. The Labute approximate surface area is 191 Å². The molecule has 0 aliphatic carbocycles. The second-order valence-corrected chi connectivity index (χ2v) is 8.74. The minimum absolute atomic E-state index is 0.957. The fourth-order valence-electron chi connectivity index (χ4n) is 4.10. The van der Waals surface area contributed by atoms with Crippen molar-refractivity contribution in [3.8, 4) is 0 Å². The number of hydrogen-bond donors (Lipinski definition) is 1. The molecule has 0 bridgehead atoms. The van der Waals surface area contributed by atoms with Gasteiger partial charge in [-0.05, 0) is 57.2 Å². The largest absolute Gasteiger partial charge is 0.726 e. The lowest BCUT2D eigenvalue weighted by atomic mass is 9.98. The number of benzene rings is 3. The van der Waals surface area contributed by atoms with Gasteiger partial charge in [0.1, 0.15) is 6.54 Å². The van der Waals surface area contributed by atoms with Crippen LogP contribution in [0.1, 0.15) is 31.9 Å². The maximum absolute atomic E-state index is 8.63. The Bertz CT molecular complexity index is 1230. The van der Waals surface area contributed by atoms with Crippen molar-refractivity contribution in [1.29, 1.82) is 0 Å². The highest BCUT2D eigenvalue weighted by molar-refractivity contribution is 9.10. The van der Waals surface area contributed by atoms with Crippen molar-refractivity contribution in [3.05, 3.63) is 70.2 Å². The summed E-state index contributed by atoms with van der Waals surface area (Å²) in [4.78, 5) is 2.38. The average Bonchev–Trinajstić information content (AvgIpc) is 3.05. The van der Waals surface area contributed by atoms with Crippen molar-refractivity contribution >= 4 is 54.2 Å². The van der Waals surface area contributed by atoms with E-state index in [-0.39, 0.29) is 0 Å². The van der Waals surface area contributed by atoms with Crippen LogP contribution in [0, 0.1) is 0 Å². The molecule has 1 aliphatic heterocycles. The molecule has 31 heavy (non-hydrogen) atoms. The summed E-state index contributed by atoms with van der Waals surface area (Å²) in [6.45, 7) is 9.66. The zero-order valence-electron chi connectivity index (χ0n) is 17.7. The van der Waals surface area contributed by atoms with Crippen molar-refractivity contribution in [3.63, 3.8) is 0 Å². The summed E-state index contributed by atoms with van der Waals surface area (Å²) in [6, 6.07) is 20.1. The van der Waals surface area contributed by atoms with Gasteiger partial charge < -0.3 is 9.45 Å². The average molecular weight is 505 g/mol. The van der Waals surface area contributed by atoms with Crippen LogP contribution in [-0.4, -0.2) is 47.4 Å². The molecule has 0 atom stereocenters. The number of nitrogens with zero attached hydrogens (tertiary/aromatic N) is 2. The molecule has 6 nitrogen and oxygen atoms in total. The molecule has 0 unspecified atom stereocenters. The molecule has 0 saturated carbocycles. The van der Waals surface area contributed by atoms with E-state index in [1.54, 1.807) is 0 Å². The number of anilines is 1. The van der Waals surface area contributed by atoms with Gasteiger partial charge in [-0.15, -0.1) is 0 Å². The van der Waals surface area contributed by atoms with Gasteiger partial charge in [-0.25, -0.2) is 8.42 Å². The Kier molecular flexibility index (Phi) is 7.16. The van der Waals surface area contributed by atoms with Crippen molar-refractivity contribution in [1.82, 2.24) is 0 Å². The quantitative estimate of drug-likeness (QED) is 0.301. The molecule has 0 radical (unpaired) electrons. The van der Waals surface area contributed by atoms with Gasteiger partial charge in [-0.2, -0.15) is 4.58 Å². The van der Waals surface area contributed by atoms with Crippen molar-refractivity contribution in [2.24, 2.45) is 0 Å². The lowest BCUT2D eigenvalue weighted by Gasteiger charge is -2.21. The van der Waals surface area contributed by atoms with Crippen LogP contribution >= 0.6 is 15.9 Å². The molecule has 0 saturated heterocycles. The fourth-order valence-corrected chi connectivity index (χ4v) is 4.56. The van der Waals surface area contributed by atoms with Crippen LogP contribution in [0.4, 0.5) is 11.4 Å². The maximum atomic E-state index is 8.63. The van der Waals surface area contributed by atoms with Gasteiger partial charge >= 0.3 is 0 Å². The highest BCUT2D eigenvalue weighted by atomic mass is 79.9. The third kappa shape index (κ3) is 4.98. The molecule has 3 aromatic carbocycles. The lowest BCUT2D eigenvalue weighted by molar-refractivity contribution is -0.431. The maximum Gasteiger partial charge on any atom is 0.221 e. The van der Waals surface area contributed by atoms with E-state index < -0.39 is 10.4 Å². The van der Waals surface area contributed by atoms with Gasteiger partial charge in [0.05, 0.1) is 10.9 Å². The van der Waals surface area contributed by atoms with Gasteiger partial charge in [0.25, 0.3) is 0 Å². The fraction of sp³-hybridized carbons (Fsp3) is 0.261. The van der Waals surface area contributed by atoms with E-state index in [9.17, 15) is 0 Å². The highest BCUT2D eigenvalue weighted by Gasteiger charge is 2.32. The minimum Gasteiger partial charge on any atom is -0.726 e. The molecular formula is C23H25BrN2O4S. The van der Waals surface area contributed by atoms with E-state index in [4.69, 9.17) is 17.5 Å². The second kappa shape index (κ2) is 9.48. The zero-order valence-corrected chi connectivity index (χ0v) is 20.1. The van der Waals surface area contributed by atoms with Crippen LogP contribution in [0.2, 0.25) is 0 Å². The van der Waals surface area contributed by atoms with E-state index in [0.29, 0.717) is 0 Å². The molecule has 0 amide bonds. The molecule has 3 aromatic rings. The van der Waals surface area contributed by atoms with Crippen molar-refractivity contribution < 1.29 is 22.1 Å². The highest BCUT2D eigenvalue weighted by Crippen LogP contribution is 2.40. The third-order valence-corrected chi connectivity index (χ3v) is 6.06. The van der Waals surface area contributed by atoms with Crippen molar-refractivity contribution in [2.45, 2.75) is 20.8 Å². The molecule has 1 N–H and O–H groups in total. The Morgan fingerprint density at radius 3 is 2.16 bits per heavy atom. The van der Waals surface area contributed by atoms with Gasteiger partial charge in [0.2, 0.25) is 21.8 Å². The van der Waals surface area contributed by atoms with Crippen LogP contribution in [-0.2, 0) is 10.4 Å². The molecule has 1 aliphatic rings. The molecule has 1 heterocycles. The van der Waals surface area contributed by atoms with E-state index in [1.807, 2.05) is 0 Å². The monoisotopic (exact) mass is 504 g/mol. The smallest absolute Gasteiger partial charge is 0.221 e. The van der Waals surface area contributed by atoms with E-state index >= 15 is 0 Å². The van der Waals surface area contributed by atoms with Crippen LogP contribution in [0.5, 0.6) is 0 Å². The van der Waals surface area contributed by atoms with Crippen LogP contribution in [0.3, 0.4) is 0 Å². The van der Waals surface area contributed by atoms with Gasteiger partial charge in [-0.3, -0.25) is 4.55 Å². The third-order valence-electron chi connectivity index (χ3n) is 5.37. The van der Waals surface area contributed by atoms with Gasteiger partial charge in [-0.1, -0.05) is 28.1 Å². The Balaban J connectivity index is 0.000000491. The first-order valence-corrected chi connectivity index (χ1v) is 12.2. The van der Waals surface area contributed by atoms with Gasteiger partial charge in [0, 0.05) is 40.3 Å². The van der Waals surface area contributed by atoms with Gasteiger partial charge in [0.15, 0.2) is 0 Å². The first-order valence-electron chi connectivity index (χ1n) is 10.1. The van der Waals surface area contributed by atoms with Crippen LogP contribution in [0.25, 0.3) is 10.8 Å². The topological polar surface area (TPSA) is 83.7 Å². The molecule has 0 spiro atoms. The first kappa shape index (κ1) is 23.4. The lowest BCUT2D eigenvalue weighted by Crippen LogP contribution is -2.22. The summed E-state index contributed by atoms with van der Waals surface area (Å²) >= 11 is 3.72. The standard InChI is InChI=1S/C23H24BrN2.H2O4S/c1-4-25(5-2)17-12-10-16(11-13-17)23-19-9-7-8-18-20(24)14-15-21(22(18)19)26(23)6-3;1-5(2,3)4/h7-15H,4-6H2,1-3H3;(H2,1,2,3,4)/q+1;/p-1. The SMILES string of the molecule is CCN(CC)c1ccc(C2=[N+](CC)c3ccc(Br)c4cccc2c34)cc1.O=S(=O)([O-])O. The molecular weight excluding hydrogens is 480 g/mol. The second-order valence-electron chi connectivity index (χ2n) is 7.03. The molecule has 0 fully saturated rings. The number of halogens is 1. The summed E-state index contributed by atoms with van der Waals surface area (Å²) in [5, 5.41) is 2.64. The Hall–Kier alpha value is -2.26. The summed E-state index contributed by atoms with van der Waals surface area (Å²) in [5.41, 5.74) is 6.53. The summed E-state index contributed by atoms with van der Waals surface area (Å²) < 4.78 is 36.4. The predicted molar refractivity (Wildman–Crippen MR) is 128 cm³/mol. The summed E-state index contributed by atoms with van der Waals surface area (Å²) in [6.07, 6.45) is 0. The number of rotatable bonds is 5. The molecule has 4 rings (SSSR count). The predicted octanol–water partition coefficient (Wildman–Crippen LogP) is 4.97. The van der Waals surface area contributed by atoms with E-state index in [2.05, 4.69) is 101 Å². The Morgan fingerprint density at radius 2 is 1.61 bits per heavy atom. The Morgan fingerprint density at radius 1 is 1.00 bits per heavy atom. The van der Waals surface area contributed by atoms with E-state index in [1.165, 1.54) is 39.0 Å². The molecule has 0 aromatic heterocycles. The minimum atomic E-state index is -4.92. The van der Waals surface area contributed by atoms with Crippen LogP contribution < -0.4 is 4.90 Å². The summed E-state index contributed by atoms with van der Waals surface area (Å²) in [5.74, 6) is 0.